The van der Waals surface area contributed by atoms with Gasteiger partial charge in [-0.2, -0.15) is 0 Å². The summed E-state index contributed by atoms with van der Waals surface area (Å²) in [5.41, 5.74) is 1.84. The molecule has 1 saturated heterocycles. The van der Waals surface area contributed by atoms with E-state index in [0.717, 1.165) is 30.7 Å². The molecule has 0 unspecified atom stereocenters. The normalized spacial score (nSPS) is 13.9. The summed E-state index contributed by atoms with van der Waals surface area (Å²) in [5.74, 6) is 1.98. The Labute approximate surface area is 188 Å². The first-order chi connectivity index (χ1) is 14.5. The minimum absolute atomic E-state index is 0.357. The van der Waals surface area contributed by atoms with E-state index in [9.17, 15) is 0 Å². The van der Waals surface area contributed by atoms with Crippen LogP contribution >= 0.6 is 35.0 Å². The largest absolute Gasteiger partial charge is 0.495 e. The lowest BCUT2D eigenvalue weighted by atomic mass is 10.1. The third-order valence-electron chi connectivity index (χ3n) is 4.82. The molecule has 1 aliphatic heterocycles. The van der Waals surface area contributed by atoms with Crippen molar-refractivity contribution in [3.63, 3.8) is 0 Å². The average Bonchev–Trinajstić information content (AvgIpc) is 2.72. The topological polar surface area (TPSA) is 78.4 Å². The summed E-state index contributed by atoms with van der Waals surface area (Å²) in [6, 6.07) is 3.52. The summed E-state index contributed by atoms with van der Waals surface area (Å²) < 4.78 is 16.1. The first kappa shape index (κ1) is 21.2. The van der Waals surface area contributed by atoms with Gasteiger partial charge in [0.05, 0.1) is 43.2 Å². The van der Waals surface area contributed by atoms with E-state index in [4.69, 9.17) is 42.4 Å². The second-order valence-electron chi connectivity index (χ2n) is 6.72. The predicted molar refractivity (Wildman–Crippen MR) is 120 cm³/mol. The van der Waals surface area contributed by atoms with Crippen LogP contribution in [0.25, 0.3) is 22.2 Å². The molecule has 10 heteroatoms. The van der Waals surface area contributed by atoms with Gasteiger partial charge in [0.25, 0.3) is 0 Å². The minimum Gasteiger partial charge on any atom is -0.495 e. The molecule has 1 aromatic carbocycles. The molecule has 3 heterocycles. The van der Waals surface area contributed by atoms with Gasteiger partial charge in [0, 0.05) is 35.7 Å². The third-order valence-corrected chi connectivity index (χ3v) is 6.13. The molecule has 0 aliphatic carbocycles. The van der Waals surface area contributed by atoms with Crippen molar-refractivity contribution in [2.24, 2.45) is 5.92 Å². The molecule has 1 fully saturated rings. The molecular formula is C20H20Cl2N4O3S. The molecule has 158 valence electrons. The molecule has 1 N–H and O–H groups in total. The van der Waals surface area contributed by atoms with Gasteiger partial charge in [-0.25, -0.2) is 15.0 Å². The number of aromatic nitrogens is 3. The van der Waals surface area contributed by atoms with E-state index in [0.29, 0.717) is 49.7 Å². The third kappa shape index (κ3) is 3.97. The van der Waals surface area contributed by atoms with Gasteiger partial charge in [-0.15, -0.1) is 0 Å². The Hall–Kier alpha value is -2.00. The molecule has 3 aromatic rings. The van der Waals surface area contributed by atoms with Crippen LogP contribution in [-0.4, -0.2) is 55.2 Å². The summed E-state index contributed by atoms with van der Waals surface area (Å²) in [5, 5.41) is 5.61. The lowest BCUT2D eigenvalue weighted by Crippen LogP contribution is -2.33. The second-order valence-corrected chi connectivity index (χ2v) is 8.25. The number of nitrogens with one attached hydrogen (secondary N) is 1. The summed E-state index contributed by atoms with van der Waals surface area (Å²) in [6.45, 7) is 2.20. The van der Waals surface area contributed by atoms with Crippen molar-refractivity contribution in [1.82, 2.24) is 15.0 Å². The van der Waals surface area contributed by atoms with E-state index in [1.54, 1.807) is 12.3 Å². The smallest absolute Gasteiger partial charge is 0.187 e. The van der Waals surface area contributed by atoms with Crippen LogP contribution in [0.5, 0.6) is 11.5 Å². The van der Waals surface area contributed by atoms with Crippen LogP contribution in [0.4, 0.5) is 5.82 Å². The Morgan fingerprint density at radius 2 is 1.83 bits per heavy atom. The Balaban J connectivity index is 1.89. The van der Waals surface area contributed by atoms with Gasteiger partial charge in [0.2, 0.25) is 0 Å². The van der Waals surface area contributed by atoms with Crippen molar-refractivity contribution in [1.29, 1.82) is 0 Å². The number of hydrogen-bond donors (Lipinski definition) is 1. The standard InChI is InChI=1S/C20H20Cl2N4O3S/c1-27-13-5-14(28-2)17(22)15(16(13)21)12-4-11-7-24-20(30-3)26-18(11)19(25-12)23-6-10-8-29-9-10/h4-5,7,10H,6,8-9H2,1-3H3,(H,23,25). The van der Waals surface area contributed by atoms with Crippen molar-refractivity contribution in [3.05, 3.63) is 28.4 Å². The fraction of sp³-hybridized carbons (Fsp3) is 0.350. The van der Waals surface area contributed by atoms with Crippen LogP contribution < -0.4 is 14.8 Å². The van der Waals surface area contributed by atoms with E-state index < -0.39 is 0 Å². The summed E-state index contributed by atoms with van der Waals surface area (Å²) in [4.78, 5) is 13.9. The number of anilines is 1. The molecule has 0 atom stereocenters. The highest BCUT2D eigenvalue weighted by molar-refractivity contribution is 7.98. The van der Waals surface area contributed by atoms with E-state index in [-0.39, 0.29) is 0 Å². The first-order valence-corrected chi connectivity index (χ1v) is 11.2. The van der Waals surface area contributed by atoms with E-state index in [2.05, 4.69) is 15.3 Å². The highest BCUT2D eigenvalue weighted by Gasteiger charge is 2.23. The van der Waals surface area contributed by atoms with Crippen LogP contribution in [0.3, 0.4) is 0 Å². The molecule has 2 aromatic heterocycles. The number of fused-ring (bicyclic) bond motifs is 1. The zero-order valence-corrected chi connectivity index (χ0v) is 19.0. The zero-order valence-electron chi connectivity index (χ0n) is 16.7. The molecule has 0 bridgehead atoms. The maximum atomic E-state index is 6.61. The van der Waals surface area contributed by atoms with Crippen molar-refractivity contribution in [2.45, 2.75) is 5.16 Å². The fourth-order valence-corrected chi connectivity index (χ4v) is 4.16. The fourth-order valence-electron chi connectivity index (χ4n) is 3.13. The number of ether oxygens (including phenoxy) is 3. The number of rotatable bonds is 7. The number of methoxy groups -OCH3 is 2. The summed E-state index contributed by atoms with van der Waals surface area (Å²) in [6.07, 6.45) is 3.71. The number of nitrogens with zero attached hydrogens (tertiary/aromatic N) is 3. The molecule has 0 saturated carbocycles. The molecule has 0 amide bonds. The monoisotopic (exact) mass is 466 g/mol. The van der Waals surface area contributed by atoms with Crippen molar-refractivity contribution in [2.75, 3.05) is 45.6 Å². The molecular weight excluding hydrogens is 447 g/mol. The minimum atomic E-state index is 0.357. The Morgan fingerprint density at radius 1 is 1.13 bits per heavy atom. The molecule has 30 heavy (non-hydrogen) atoms. The van der Waals surface area contributed by atoms with Crippen molar-refractivity contribution < 1.29 is 14.2 Å². The van der Waals surface area contributed by atoms with Gasteiger partial charge in [0.1, 0.15) is 17.0 Å². The molecule has 7 nitrogen and oxygen atoms in total. The van der Waals surface area contributed by atoms with Gasteiger partial charge in [-0.1, -0.05) is 35.0 Å². The zero-order chi connectivity index (χ0) is 21.3. The van der Waals surface area contributed by atoms with Crippen LogP contribution in [0, 0.1) is 5.92 Å². The molecule has 1 aliphatic rings. The summed E-state index contributed by atoms with van der Waals surface area (Å²) in [7, 11) is 3.08. The lowest BCUT2D eigenvalue weighted by molar-refractivity contribution is -0.0248. The molecule has 0 radical (unpaired) electrons. The Kier molecular flexibility index (Phi) is 6.38. The summed E-state index contributed by atoms with van der Waals surface area (Å²) >= 11 is 14.7. The van der Waals surface area contributed by atoms with Gasteiger partial charge in [-0.05, 0) is 12.3 Å². The number of hydrogen-bond acceptors (Lipinski definition) is 8. The van der Waals surface area contributed by atoms with Crippen LogP contribution in [0.1, 0.15) is 0 Å². The second kappa shape index (κ2) is 9.01. The van der Waals surface area contributed by atoms with Gasteiger partial charge in [-0.3, -0.25) is 0 Å². The lowest BCUT2D eigenvalue weighted by Gasteiger charge is -2.26. The number of pyridine rings is 1. The maximum Gasteiger partial charge on any atom is 0.187 e. The SMILES string of the molecule is COc1cc(OC)c(Cl)c(-c2cc3cnc(SC)nc3c(NCC3COC3)n2)c1Cl. The van der Waals surface area contributed by atoms with Crippen LogP contribution in [-0.2, 0) is 4.74 Å². The first-order valence-electron chi connectivity index (χ1n) is 9.19. The Bertz CT molecular complexity index is 1070. The van der Waals surface area contributed by atoms with E-state index in [1.165, 1.54) is 26.0 Å². The van der Waals surface area contributed by atoms with E-state index in [1.807, 2.05) is 12.3 Å². The number of benzene rings is 1. The van der Waals surface area contributed by atoms with Crippen LogP contribution in [0.2, 0.25) is 10.0 Å². The average molecular weight is 467 g/mol. The maximum absolute atomic E-state index is 6.61. The van der Waals surface area contributed by atoms with Crippen molar-refractivity contribution >= 4 is 51.7 Å². The predicted octanol–water partition coefficient (Wildman–Crippen LogP) is 4.80. The van der Waals surface area contributed by atoms with Gasteiger partial charge in [0.15, 0.2) is 11.0 Å². The molecule has 4 rings (SSSR count). The van der Waals surface area contributed by atoms with Crippen molar-refractivity contribution in [3.8, 4) is 22.8 Å². The quantitative estimate of drug-likeness (QED) is 0.393. The number of thioether (sulfide) groups is 1. The molecule has 0 spiro atoms. The Morgan fingerprint density at radius 3 is 2.40 bits per heavy atom. The highest BCUT2D eigenvalue weighted by atomic mass is 35.5. The van der Waals surface area contributed by atoms with Gasteiger partial charge < -0.3 is 19.5 Å². The highest BCUT2D eigenvalue weighted by Crippen LogP contribution is 2.46. The van der Waals surface area contributed by atoms with E-state index >= 15 is 0 Å². The van der Waals surface area contributed by atoms with Crippen LogP contribution in [0.15, 0.2) is 23.5 Å². The number of halogens is 2. The van der Waals surface area contributed by atoms with Gasteiger partial charge >= 0.3 is 0 Å².